The minimum atomic E-state index is -3.58. The van der Waals surface area contributed by atoms with E-state index < -0.39 is 21.7 Å². The van der Waals surface area contributed by atoms with Gasteiger partial charge in [-0.05, 0) is 74.6 Å². The first-order valence-corrected chi connectivity index (χ1v) is 17.5. The van der Waals surface area contributed by atoms with E-state index in [0.29, 0.717) is 46.0 Å². The summed E-state index contributed by atoms with van der Waals surface area (Å²) in [6.07, 6.45) is 3.85. The smallest absolute Gasteiger partial charge is 0.276 e. The van der Waals surface area contributed by atoms with Gasteiger partial charge in [0.15, 0.2) is 0 Å². The van der Waals surface area contributed by atoms with Crippen LogP contribution in [-0.4, -0.2) is 46.7 Å². The molecule has 4 heterocycles. The van der Waals surface area contributed by atoms with Crippen LogP contribution in [0, 0.1) is 12.7 Å². The highest BCUT2D eigenvalue weighted by atomic mass is 32.2. The molecular formula is C34H30FN5O4S2. The number of nitrogens with zero attached hydrogens (tertiary/aromatic N) is 4. The number of carbonyl (C=O) groups excluding carboxylic acids is 2. The Bertz CT molecular complexity index is 2110. The van der Waals surface area contributed by atoms with E-state index in [4.69, 9.17) is 4.98 Å². The van der Waals surface area contributed by atoms with Crippen LogP contribution >= 0.6 is 11.3 Å². The largest absolute Gasteiger partial charge is 0.319 e. The zero-order chi connectivity index (χ0) is 32.2. The molecule has 2 amide bonds. The van der Waals surface area contributed by atoms with Crippen molar-refractivity contribution in [3.63, 3.8) is 0 Å². The van der Waals surface area contributed by atoms with E-state index in [2.05, 4.69) is 10.4 Å². The molecule has 9 nitrogen and oxygen atoms in total. The predicted molar refractivity (Wildman–Crippen MR) is 177 cm³/mol. The number of thiophene rings is 1. The van der Waals surface area contributed by atoms with Gasteiger partial charge in [-0.2, -0.15) is 9.19 Å². The number of aromatic nitrogens is 3. The molecule has 12 heteroatoms. The fourth-order valence-electron chi connectivity index (χ4n) is 5.72. The van der Waals surface area contributed by atoms with Crippen LogP contribution in [0.3, 0.4) is 0 Å². The van der Waals surface area contributed by atoms with E-state index in [1.165, 1.54) is 23.6 Å². The molecule has 0 spiro atoms. The second kappa shape index (κ2) is 11.6. The Balaban J connectivity index is 1.20. The van der Waals surface area contributed by atoms with Gasteiger partial charge in [0.2, 0.25) is 0 Å². The lowest BCUT2D eigenvalue weighted by Gasteiger charge is -2.23. The number of hydrogen-bond acceptors (Lipinski definition) is 7. The van der Waals surface area contributed by atoms with Crippen molar-refractivity contribution in [1.29, 1.82) is 0 Å². The average Bonchev–Trinajstić information content (AvgIpc) is 3.69. The van der Waals surface area contributed by atoms with Gasteiger partial charge in [0.25, 0.3) is 21.8 Å². The predicted octanol–water partition coefficient (Wildman–Crippen LogP) is 6.65. The highest BCUT2D eigenvalue weighted by Gasteiger charge is 2.33. The Morgan fingerprint density at radius 2 is 1.83 bits per heavy atom. The molecule has 1 saturated carbocycles. The molecule has 0 atom stereocenters. The lowest BCUT2D eigenvalue weighted by molar-refractivity contribution is 0.0981. The Hall–Kier alpha value is -4.68. The summed E-state index contributed by atoms with van der Waals surface area (Å²) in [5.41, 5.74) is 5.24. The quantitative estimate of drug-likeness (QED) is 0.210. The Labute approximate surface area is 269 Å². The van der Waals surface area contributed by atoms with Gasteiger partial charge in [0.1, 0.15) is 11.5 Å². The molecule has 1 N–H and O–H groups in total. The summed E-state index contributed by atoms with van der Waals surface area (Å²) in [6.45, 7) is 3.66. The first-order chi connectivity index (χ1) is 22.1. The van der Waals surface area contributed by atoms with Crippen molar-refractivity contribution in [2.45, 2.75) is 39.0 Å². The van der Waals surface area contributed by atoms with Crippen LogP contribution in [0.5, 0.6) is 0 Å². The highest BCUT2D eigenvalue weighted by molar-refractivity contribution is 7.89. The average molecular weight is 656 g/mol. The van der Waals surface area contributed by atoms with Crippen LogP contribution < -0.4 is 10.2 Å². The SMILES string of the molecule is CCS(=O)(=O)n1cc(-c2cccc(C(=O)N3CCc4cc(C(=O)Nc5c(C)cccc5F)sc4-c4ccccc43)n2)c(C2CC2)n1. The Kier molecular flexibility index (Phi) is 7.56. The molecule has 3 aromatic heterocycles. The van der Waals surface area contributed by atoms with Crippen LogP contribution in [0.2, 0.25) is 0 Å². The molecule has 0 unspecified atom stereocenters. The molecule has 234 valence electrons. The number of carbonyl (C=O) groups is 2. The summed E-state index contributed by atoms with van der Waals surface area (Å²) in [5, 5.41) is 7.14. The second-order valence-electron chi connectivity index (χ2n) is 11.5. The fourth-order valence-corrected chi connectivity index (χ4v) is 7.60. The molecule has 2 aromatic carbocycles. The molecule has 1 fully saturated rings. The van der Waals surface area contributed by atoms with Gasteiger partial charge in [-0.25, -0.2) is 17.8 Å². The molecule has 46 heavy (non-hydrogen) atoms. The molecule has 7 rings (SSSR count). The van der Waals surface area contributed by atoms with Gasteiger partial charge < -0.3 is 10.2 Å². The molecule has 0 saturated heterocycles. The molecule has 1 aliphatic carbocycles. The molecule has 0 radical (unpaired) electrons. The van der Waals surface area contributed by atoms with Gasteiger partial charge in [0.05, 0.1) is 39.6 Å². The summed E-state index contributed by atoms with van der Waals surface area (Å²) in [4.78, 5) is 35.1. The number of para-hydroxylation sites is 2. The number of halogens is 1. The molecule has 2 aliphatic rings. The van der Waals surface area contributed by atoms with E-state index in [0.717, 1.165) is 32.9 Å². The number of aryl methyl sites for hydroxylation is 1. The Morgan fingerprint density at radius 3 is 2.59 bits per heavy atom. The summed E-state index contributed by atoms with van der Waals surface area (Å²) >= 11 is 1.31. The highest BCUT2D eigenvalue weighted by Crippen LogP contribution is 2.44. The molecular weight excluding hydrogens is 626 g/mol. The van der Waals surface area contributed by atoms with Crippen molar-refractivity contribution < 1.29 is 22.4 Å². The number of amides is 2. The number of pyridine rings is 1. The normalized spacial score (nSPS) is 14.4. The van der Waals surface area contributed by atoms with E-state index in [1.807, 2.05) is 30.3 Å². The topological polar surface area (TPSA) is 114 Å². The number of anilines is 2. The second-order valence-corrected chi connectivity index (χ2v) is 14.6. The van der Waals surface area contributed by atoms with Crippen LogP contribution in [0.15, 0.2) is 72.9 Å². The van der Waals surface area contributed by atoms with Crippen LogP contribution in [0.25, 0.3) is 21.7 Å². The third kappa shape index (κ3) is 5.41. The van der Waals surface area contributed by atoms with Crippen molar-refractivity contribution in [3.8, 4) is 21.7 Å². The minimum Gasteiger partial charge on any atom is -0.319 e. The van der Waals surface area contributed by atoms with Gasteiger partial charge in [0, 0.05) is 28.5 Å². The number of nitrogens with one attached hydrogen (secondary N) is 1. The maximum Gasteiger partial charge on any atom is 0.276 e. The summed E-state index contributed by atoms with van der Waals surface area (Å²) in [6, 6.07) is 19.2. The minimum absolute atomic E-state index is 0.0819. The number of fused-ring (bicyclic) bond motifs is 3. The lowest BCUT2D eigenvalue weighted by Crippen LogP contribution is -2.33. The molecule has 1 aliphatic heterocycles. The van der Waals surface area contributed by atoms with Crippen LogP contribution in [-0.2, 0) is 16.4 Å². The van der Waals surface area contributed by atoms with E-state index in [1.54, 1.807) is 49.1 Å². The van der Waals surface area contributed by atoms with E-state index in [-0.39, 0.29) is 29.0 Å². The van der Waals surface area contributed by atoms with Crippen LogP contribution in [0.1, 0.15) is 62.7 Å². The number of benzene rings is 2. The van der Waals surface area contributed by atoms with Gasteiger partial charge >= 0.3 is 0 Å². The third-order valence-corrected chi connectivity index (χ3v) is 11.1. The zero-order valence-corrected chi connectivity index (χ0v) is 26.8. The molecule has 5 aromatic rings. The van der Waals surface area contributed by atoms with Crippen molar-refractivity contribution in [2.24, 2.45) is 0 Å². The van der Waals surface area contributed by atoms with Crippen molar-refractivity contribution in [1.82, 2.24) is 14.2 Å². The maximum atomic E-state index is 14.4. The molecule has 0 bridgehead atoms. The third-order valence-electron chi connectivity index (χ3n) is 8.36. The van der Waals surface area contributed by atoms with E-state index >= 15 is 0 Å². The number of hydrogen-bond donors (Lipinski definition) is 1. The van der Waals surface area contributed by atoms with Crippen molar-refractivity contribution in [2.75, 3.05) is 22.5 Å². The van der Waals surface area contributed by atoms with Crippen molar-refractivity contribution >= 4 is 44.5 Å². The first kappa shape index (κ1) is 30.0. The first-order valence-electron chi connectivity index (χ1n) is 15.0. The lowest BCUT2D eigenvalue weighted by atomic mass is 10.1. The fraction of sp³-hybridized carbons (Fsp3) is 0.235. The maximum absolute atomic E-state index is 14.4. The zero-order valence-electron chi connectivity index (χ0n) is 25.2. The van der Waals surface area contributed by atoms with Gasteiger partial charge in [-0.3, -0.25) is 9.59 Å². The standard InChI is InChI=1S/C34H30FN5O4S2/c1-3-46(43,44)40-19-24(31(38-40)21-14-15-21)26-11-7-12-27(36-26)34(42)39-17-16-22-18-29(45-32(22)23-9-4-5-13-28(23)39)33(41)37-30-20(2)8-6-10-25(30)35/h4-13,18-19,21H,3,14-17H2,1-2H3,(H,37,41). The monoisotopic (exact) mass is 655 g/mol. The van der Waals surface area contributed by atoms with Crippen LogP contribution in [0.4, 0.5) is 15.8 Å². The Morgan fingerprint density at radius 1 is 1.04 bits per heavy atom. The van der Waals surface area contributed by atoms with Gasteiger partial charge in [-0.15, -0.1) is 11.3 Å². The summed E-state index contributed by atoms with van der Waals surface area (Å²) in [5.74, 6) is -1.09. The number of rotatable bonds is 7. The summed E-state index contributed by atoms with van der Waals surface area (Å²) in [7, 11) is -3.58. The van der Waals surface area contributed by atoms with E-state index in [9.17, 15) is 22.4 Å². The van der Waals surface area contributed by atoms with Gasteiger partial charge in [-0.1, -0.05) is 36.4 Å². The van der Waals surface area contributed by atoms with Crippen molar-refractivity contribution in [3.05, 3.63) is 106 Å². The summed E-state index contributed by atoms with van der Waals surface area (Å²) < 4.78 is 40.6.